The molecule has 0 aliphatic carbocycles. The van der Waals surface area contributed by atoms with Crippen LogP contribution in [0.2, 0.25) is 0 Å². The summed E-state index contributed by atoms with van der Waals surface area (Å²) in [6.07, 6.45) is 2.59. The smallest absolute Gasteiger partial charge is 0.145 e. The van der Waals surface area contributed by atoms with Crippen LogP contribution >= 0.6 is 0 Å². The Balaban J connectivity index is 3.05. The maximum Gasteiger partial charge on any atom is 0.145 e. The maximum absolute atomic E-state index is 12.8. The minimum Gasteiger partial charge on any atom is -0.262 e. The predicted molar refractivity (Wildman–Crippen MR) is 38.2 cm³/mol. The molecule has 1 atom stereocenters. The molecule has 0 N–H and O–H groups in total. The van der Waals surface area contributed by atoms with Crippen LogP contribution < -0.4 is 0 Å². The number of pyridine rings is 1. The molecule has 0 aliphatic heterocycles. The van der Waals surface area contributed by atoms with Crippen molar-refractivity contribution in [2.75, 3.05) is 0 Å². The molecule has 0 saturated carbocycles. The molecule has 2 nitrogen and oxygen atoms in total. The molecule has 0 fully saturated rings. The standard InChI is InChI=1S/C8H7FN2/c1-6(4-10)7-2-3-11-5-8(7)9/h2-3,5-6H,1H3. The summed E-state index contributed by atoms with van der Waals surface area (Å²) in [6.45, 7) is 1.65. The van der Waals surface area contributed by atoms with E-state index in [0.717, 1.165) is 6.20 Å². The van der Waals surface area contributed by atoms with Gasteiger partial charge < -0.3 is 0 Å². The third-order valence-corrected chi connectivity index (χ3v) is 1.46. The van der Waals surface area contributed by atoms with Gasteiger partial charge in [0.15, 0.2) is 0 Å². The van der Waals surface area contributed by atoms with Gasteiger partial charge in [-0.05, 0) is 13.0 Å². The summed E-state index contributed by atoms with van der Waals surface area (Å²) < 4.78 is 12.8. The predicted octanol–water partition coefficient (Wildman–Crippen LogP) is 1.85. The summed E-state index contributed by atoms with van der Waals surface area (Å²) in [5.74, 6) is -0.820. The molecule has 11 heavy (non-hydrogen) atoms. The van der Waals surface area contributed by atoms with Crippen molar-refractivity contribution in [1.29, 1.82) is 5.26 Å². The molecule has 1 aromatic rings. The van der Waals surface area contributed by atoms with Gasteiger partial charge in [0.05, 0.1) is 18.2 Å². The van der Waals surface area contributed by atoms with Crippen LogP contribution in [0.3, 0.4) is 0 Å². The first-order chi connectivity index (χ1) is 5.25. The molecular formula is C8H7FN2. The number of halogens is 1. The van der Waals surface area contributed by atoms with Gasteiger partial charge in [-0.3, -0.25) is 4.98 Å². The summed E-state index contributed by atoms with van der Waals surface area (Å²) in [5, 5.41) is 8.48. The molecule has 1 aromatic heterocycles. The fourth-order valence-electron chi connectivity index (χ4n) is 0.807. The average Bonchev–Trinajstić information content (AvgIpc) is 2.04. The van der Waals surface area contributed by atoms with Crippen LogP contribution in [0.15, 0.2) is 18.5 Å². The van der Waals surface area contributed by atoms with Crippen molar-refractivity contribution in [2.45, 2.75) is 12.8 Å². The number of nitriles is 1. The topological polar surface area (TPSA) is 36.7 Å². The van der Waals surface area contributed by atoms with Crippen LogP contribution in [0.5, 0.6) is 0 Å². The molecule has 0 aliphatic rings. The van der Waals surface area contributed by atoms with E-state index in [0.29, 0.717) is 5.56 Å². The summed E-state index contributed by atoms with van der Waals surface area (Å²) in [5.41, 5.74) is 0.405. The van der Waals surface area contributed by atoms with E-state index in [1.807, 2.05) is 6.07 Å². The highest BCUT2D eigenvalue weighted by Crippen LogP contribution is 2.15. The van der Waals surface area contributed by atoms with Crippen molar-refractivity contribution in [2.24, 2.45) is 0 Å². The number of rotatable bonds is 1. The van der Waals surface area contributed by atoms with Gasteiger partial charge in [0, 0.05) is 11.8 Å². The van der Waals surface area contributed by atoms with Gasteiger partial charge >= 0.3 is 0 Å². The lowest BCUT2D eigenvalue weighted by Crippen LogP contribution is -1.94. The minimum absolute atomic E-state index is 0.405. The molecule has 0 spiro atoms. The van der Waals surface area contributed by atoms with Crippen LogP contribution in [0.4, 0.5) is 4.39 Å². The second-order valence-corrected chi connectivity index (χ2v) is 2.25. The molecule has 1 heterocycles. The molecule has 0 radical (unpaired) electrons. The van der Waals surface area contributed by atoms with Gasteiger partial charge in [-0.1, -0.05) is 0 Å². The summed E-state index contributed by atoms with van der Waals surface area (Å²) in [4.78, 5) is 3.58. The van der Waals surface area contributed by atoms with Crippen LogP contribution in [0, 0.1) is 17.1 Å². The van der Waals surface area contributed by atoms with E-state index in [4.69, 9.17) is 5.26 Å². The van der Waals surface area contributed by atoms with Gasteiger partial charge in [0.25, 0.3) is 0 Å². The highest BCUT2D eigenvalue weighted by molar-refractivity contribution is 5.22. The van der Waals surface area contributed by atoms with E-state index in [9.17, 15) is 4.39 Å². The monoisotopic (exact) mass is 150 g/mol. The Morgan fingerprint density at radius 3 is 3.00 bits per heavy atom. The number of aromatic nitrogens is 1. The summed E-state index contributed by atoms with van der Waals surface area (Å²) in [6, 6.07) is 3.47. The maximum atomic E-state index is 12.8. The summed E-state index contributed by atoms with van der Waals surface area (Å²) >= 11 is 0. The molecule has 1 rings (SSSR count). The number of hydrogen-bond donors (Lipinski definition) is 0. The Morgan fingerprint density at radius 1 is 1.73 bits per heavy atom. The van der Waals surface area contributed by atoms with E-state index in [2.05, 4.69) is 4.98 Å². The van der Waals surface area contributed by atoms with E-state index in [1.165, 1.54) is 12.3 Å². The van der Waals surface area contributed by atoms with Gasteiger partial charge in [-0.25, -0.2) is 4.39 Å². The van der Waals surface area contributed by atoms with Crippen LogP contribution in [-0.4, -0.2) is 4.98 Å². The quantitative estimate of drug-likeness (QED) is 0.612. The van der Waals surface area contributed by atoms with Gasteiger partial charge in [-0.2, -0.15) is 5.26 Å². The van der Waals surface area contributed by atoms with Crippen molar-refractivity contribution in [3.05, 3.63) is 29.8 Å². The van der Waals surface area contributed by atoms with E-state index < -0.39 is 11.7 Å². The van der Waals surface area contributed by atoms with Crippen LogP contribution in [-0.2, 0) is 0 Å². The van der Waals surface area contributed by atoms with Gasteiger partial charge in [0.1, 0.15) is 5.82 Å². The third kappa shape index (κ3) is 1.53. The molecule has 0 amide bonds. The molecule has 0 bridgehead atoms. The minimum atomic E-state index is -0.415. The van der Waals surface area contributed by atoms with Gasteiger partial charge in [0.2, 0.25) is 0 Å². The van der Waals surface area contributed by atoms with E-state index >= 15 is 0 Å². The Labute approximate surface area is 64.3 Å². The highest BCUT2D eigenvalue weighted by atomic mass is 19.1. The Morgan fingerprint density at radius 2 is 2.45 bits per heavy atom. The van der Waals surface area contributed by atoms with Crippen LogP contribution in [0.1, 0.15) is 18.4 Å². The largest absolute Gasteiger partial charge is 0.262 e. The fourth-order valence-corrected chi connectivity index (χ4v) is 0.807. The zero-order valence-corrected chi connectivity index (χ0v) is 6.08. The van der Waals surface area contributed by atoms with Crippen molar-refractivity contribution in [1.82, 2.24) is 4.98 Å². The number of hydrogen-bond acceptors (Lipinski definition) is 2. The van der Waals surface area contributed by atoms with Crippen molar-refractivity contribution >= 4 is 0 Å². The molecule has 3 heteroatoms. The molecule has 1 unspecified atom stereocenters. The molecule has 0 aromatic carbocycles. The van der Waals surface area contributed by atoms with Crippen LogP contribution in [0.25, 0.3) is 0 Å². The SMILES string of the molecule is CC(C#N)c1ccncc1F. The second-order valence-electron chi connectivity index (χ2n) is 2.25. The molecular weight excluding hydrogens is 143 g/mol. The number of nitrogens with zero attached hydrogens (tertiary/aromatic N) is 2. The lowest BCUT2D eigenvalue weighted by atomic mass is 10.0. The lowest BCUT2D eigenvalue weighted by molar-refractivity contribution is 0.599. The lowest BCUT2D eigenvalue weighted by Gasteiger charge is -2.01. The first-order valence-corrected chi connectivity index (χ1v) is 3.24. The Bertz CT molecular complexity index is 290. The normalized spacial score (nSPS) is 12.1. The van der Waals surface area contributed by atoms with Gasteiger partial charge in [-0.15, -0.1) is 0 Å². The Kier molecular flexibility index (Phi) is 2.17. The zero-order chi connectivity index (χ0) is 8.27. The van der Waals surface area contributed by atoms with Crippen molar-refractivity contribution in [3.63, 3.8) is 0 Å². The first-order valence-electron chi connectivity index (χ1n) is 3.24. The molecule has 56 valence electrons. The molecule has 0 saturated heterocycles. The van der Waals surface area contributed by atoms with E-state index in [-0.39, 0.29) is 0 Å². The van der Waals surface area contributed by atoms with Crippen molar-refractivity contribution in [3.8, 4) is 6.07 Å². The summed E-state index contributed by atoms with van der Waals surface area (Å²) in [7, 11) is 0. The fraction of sp³-hybridized carbons (Fsp3) is 0.250. The Hall–Kier alpha value is -1.43. The average molecular weight is 150 g/mol. The van der Waals surface area contributed by atoms with E-state index in [1.54, 1.807) is 6.92 Å². The first kappa shape index (κ1) is 7.67. The highest BCUT2D eigenvalue weighted by Gasteiger charge is 2.08. The third-order valence-electron chi connectivity index (χ3n) is 1.46. The zero-order valence-electron chi connectivity index (χ0n) is 6.08. The van der Waals surface area contributed by atoms with Crippen molar-refractivity contribution < 1.29 is 4.39 Å². The second kappa shape index (κ2) is 3.11.